The first-order valence-corrected chi connectivity index (χ1v) is 8.55. The number of alkyl halides is 3. The minimum absolute atomic E-state index is 0.128. The SMILES string of the molecule is Cc1ccc(C#CS(C)(C)C)cc1NC(=O)C(F)(F)F. The minimum Gasteiger partial charge on any atom is -0.318 e. The lowest BCUT2D eigenvalue weighted by Gasteiger charge is -2.15. The zero-order chi connectivity index (χ0) is 15.6. The van der Waals surface area contributed by atoms with Gasteiger partial charge in [-0.15, -0.1) is 0 Å². The zero-order valence-corrected chi connectivity index (χ0v) is 12.5. The molecule has 0 radical (unpaired) electrons. The van der Waals surface area contributed by atoms with E-state index in [1.54, 1.807) is 19.1 Å². The van der Waals surface area contributed by atoms with Crippen LogP contribution in [0.2, 0.25) is 0 Å². The van der Waals surface area contributed by atoms with Gasteiger partial charge in [0.05, 0.1) is 0 Å². The number of halogens is 3. The lowest BCUT2D eigenvalue weighted by atomic mass is 10.1. The highest BCUT2D eigenvalue weighted by atomic mass is 32.3. The number of nitrogens with one attached hydrogen (secondary N) is 1. The summed E-state index contributed by atoms with van der Waals surface area (Å²) < 4.78 is 36.7. The van der Waals surface area contributed by atoms with E-state index in [9.17, 15) is 18.0 Å². The fourth-order valence-electron chi connectivity index (χ4n) is 1.24. The Bertz CT molecular complexity index is 577. The van der Waals surface area contributed by atoms with E-state index in [2.05, 4.69) is 11.2 Å². The Hall–Kier alpha value is -1.61. The summed E-state index contributed by atoms with van der Waals surface area (Å²) in [5.41, 5.74) is 1.26. The van der Waals surface area contributed by atoms with Crippen molar-refractivity contribution in [2.45, 2.75) is 13.1 Å². The van der Waals surface area contributed by atoms with Crippen LogP contribution >= 0.6 is 10.0 Å². The summed E-state index contributed by atoms with van der Waals surface area (Å²) >= 11 is 0. The minimum atomic E-state index is -4.90. The number of aryl methyl sites for hydroxylation is 1. The summed E-state index contributed by atoms with van der Waals surface area (Å²) in [5.74, 6) is 0.939. The summed E-state index contributed by atoms with van der Waals surface area (Å²) in [7, 11) is -1.02. The molecule has 20 heavy (non-hydrogen) atoms. The van der Waals surface area contributed by atoms with Crippen molar-refractivity contribution in [3.63, 3.8) is 0 Å². The monoisotopic (exact) mass is 303 g/mol. The molecule has 0 saturated carbocycles. The summed E-state index contributed by atoms with van der Waals surface area (Å²) in [6.45, 7) is 1.62. The van der Waals surface area contributed by atoms with E-state index >= 15 is 0 Å². The van der Waals surface area contributed by atoms with Gasteiger partial charge in [-0.3, -0.25) is 4.79 Å². The van der Waals surface area contributed by atoms with E-state index in [4.69, 9.17) is 0 Å². The Kier molecular flexibility index (Phi) is 4.77. The third-order valence-corrected chi connectivity index (χ3v) is 2.96. The molecule has 0 spiro atoms. The Morgan fingerprint density at radius 3 is 2.35 bits per heavy atom. The number of hydrogen-bond acceptors (Lipinski definition) is 1. The van der Waals surface area contributed by atoms with Gasteiger partial charge in [-0.2, -0.15) is 23.2 Å². The molecule has 0 atom stereocenters. The average Bonchev–Trinajstić information content (AvgIpc) is 2.27. The van der Waals surface area contributed by atoms with Gasteiger partial charge < -0.3 is 5.32 Å². The summed E-state index contributed by atoms with van der Waals surface area (Å²) in [4.78, 5) is 10.9. The van der Waals surface area contributed by atoms with Crippen molar-refractivity contribution in [1.29, 1.82) is 0 Å². The van der Waals surface area contributed by atoms with Gasteiger partial charge in [-0.1, -0.05) is 12.0 Å². The number of carbonyl (C=O) groups is 1. The number of amides is 1. The maximum atomic E-state index is 12.2. The highest BCUT2D eigenvalue weighted by molar-refractivity contribution is 8.35. The third-order valence-electron chi connectivity index (χ3n) is 2.24. The molecule has 1 rings (SSSR count). The second-order valence-electron chi connectivity index (χ2n) is 5.05. The number of hydrogen-bond donors (Lipinski definition) is 1. The molecule has 0 bridgehead atoms. The quantitative estimate of drug-likeness (QED) is 0.791. The molecular formula is C14H16F3NOS. The Morgan fingerprint density at radius 1 is 1.25 bits per heavy atom. The predicted octanol–water partition coefficient (Wildman–Crippen LogP) is 3.50. The lowest BCUT2D eigenvalue weighted by Crippen LogP contribution is -2.30. The first kappa shape index (κ1) is 16.4. The molecular weight excluding hydrogens is 287 g/mol. The van der Waals surface area contributed by atoms with Crippen LogP contribution in [-0.4, -0.2) is 30.9 Å². The van der Waals surface area contributed by atoms with Crippen molar-refractivity contribution < 1.29 is 18.0 Å². The van der Waals surface area contributed by atoms with E-state index < -0.39 is 22.1 Å². The van der Waals surface area contributed by atoms with Crippen molar-refractivity contribution in [2.24, 2.45) is 0 Å². The third kappa shape index (κ3) is 5.17. The zero-order valence-electron chi connectivity index (χ0n) is 11.7. The number of benzene rings is 1. The Balaban J connectivity index is 3.04. The maximum Gasteiger partial charge on any atom is 0.471 e. The number of anilines is 1. The second-order valence-corrected chi connectivity index (χ2v) is 8.92. The molecule has 0 saturated heterocycles. The van der Waals surface area contributed by atoms with Gasteiger partial charge in [-0.05, 0) is 48.6 Å². The van der Waals surface area contributed by atoms with Crippen molar-refractivity contribution >= 4 is 21.6 Å². The van der Waals surface area contributed by atoms with Gasteiger partial charge in [0, 0.05) is 11.3 Å². The molecule has 110 valence electrons. The second kappa shape index (κ2) is 5.80. The molecule has 0 aliphatic carbocycles. The predicted molar refractivity (Wildman–Crippen MR) is 78.1 cm³/mol. The highest BCUT2D eigenvalue weighted by Gasteiger charge is 2.38. The van der Waals surface area contributed by atoms with Gasteiger partial charge in [0.1, 0.15) is 0 Å². The molecule has 6 heteroatoms. The van der Waals surface area contributed by atoms with Crippen LogP contribution in [0.4, 0.5) is 18.9 Å². The van der Waals surface area contributed by atoms with E-state index in [-0.39, 0.29) is 5.69 Å². The van der Waals surface area contributed by atoms with Crippen LogP contribution < -0.4 is 5.32 Å². The molecule has 1 aromatic rings. The molecule has 2 nitrogen and oxygen atoms in total. The Morgan fingerprint density at radius 2 is 1.85 bits per heavy atom. The van der Waals surface area contributed by atoms with Crippen LogP contribution in [-0.2, 0) is 4.79 Å². The van der Waals surface area contributed by atoms with Gasteiger partial charge in [-0.25, -0.2) is 0 Å². The van der Waals surface area contributed by atoms with Crippen molar-refractivity contribution in [3.05, 3.63) is 29.3 Å². The number of rotatable bonds is 1. The van der Waals surface area contributed by atoms with Crippen LogP contribution in [0.3, 0.4) is 0 Å². The standard InChI is InChI=1S/C14H16F3NOS/c1-10-5-6-11(7-8-20(2,3)4)9-12(10)18-13(19)14(15,16)17/h5-6,9H,1-4H3,(H,18,19). The fraction of sp³-hybridized carbons (Fsp3) is 0.357. The van der Waals surface area contributed by atoms with Crippen LogP contribution in [0.1, 0.15) is 11.1 Å². The first-order chi connectivity index (χ1) is 8.99. The van der Waals surface area contributed by atoms with Crippen LogP contribution in [0.5, 0.6) is 0 Å². The van der Waals surface area contributed by atoms with Crippen LogP contribution in [0.25, 0.3) is 0 Å². The van der Waals surface area contributed by atoms with Gasteiger partial charge in [0.2, 0.25) is 0 Å². The van der Waals surface area contributed by atoms with E-state index in [1.807, 2.05) is 24.1 Å². The molecule has 0 heterocycles. The largest absolute Gasteiger partial charge is 0.471 e. The molecule has 0 aromatic heterocycles. The first-order valence-electron chi connectivity index (χ1n) is 5.69. The summed E-state index contributed by atoms with van der Waals surface area (Å²) in [5, 5.41) is 4.93. The molecule has 1 N–H and O–H groups in total. The molecule has 0 fully saturated rings. The lowest BCUT2D eigenvalue weighted by molar-refractivity contribution is -0.167. The van der Waals surface area contributed by atoms with E-state index in [1.165, 1.54) is 6.07 Å². The van der Waals surface area contributed by atoms with Crippen LogP contribution in [0, 0.1) is 18.1 Å². The summed E-state index contributed by atoms with van der Waals surface area (Å²) in [6.07, 6.45) is 1.14. The highest BCUT2D eigenvalue weighted by Crippen LogP contribution is 2.32. The van der Waals surface area contributed by atoms with E-state index in [0.717, 1.165) is 0 Å². The summed E-state index contributed by atoms with van der Waals surface area (Å²) in [6, 6.07) is 4.81. The van der Waals surface area contributed by atoms with Crippen molar-refractivity contribution in [1.82, 2.24) is 0 Å². The molecule has 0 aliphatic rings. The smallest absolute Gasteiger partial charge is 0.318 e. The topological polar surface area (TPSA) is 29.1 Å². The van der Waals surface area contributed by atoms with Crippen molar-refractivity contribution in [3.8, 4) is 11.2 Å². The van der Waals surface area contributed by atoms with Crippen LogP contribution in [0.15, 0.2) is 18.2 Å². The van der Waals surface area contributed by atoms with Gasteiger partial charge >= 0.3 is 12.1 Å². The fourth-order valence-corrected chi connectivity index (χ4v) is 1.66. The average molecular weight is 303 g/mol. The molecule has 1 amide bonds. The molecule has 0 aliphatic heterocycles. The maximum absolute atomic E-state index is 12.2. The number of carbonyl (C=O) groups excluding carboxylic acids is 1. The normalized spacial score (nSPS) is 12.3. The van der Waals surface area contributed by atoms with Crippen molar-refractivity contribution in [2.75, 3.05) is 24.1 Å². The van der Waals surface area contributed by atoms with Gasteiger partial charge in [0.15, 0.2) is 0 Å². The van der Waals surface area contributed by atoms with Gasteiger partial charge in [0.25, 0.3) is 0 Å². The Labute approximate surface area is 118 Å². The molecule has 1 aromatic carbocycles. The van der Waals surface area contributed by atoms with E-state index in [0.29, 0.717) is 11.1 Å². The molecule has 0 unspecified atom stereocenters.